The van der Waals surface area contributed by atoms with Crippen LogP contribution < -0.4 is 0 Å². The summed E-state index contributed by atoms with van der Waals surface area (Å²) in [6.45, 7) is 13.0. The Hall–Kier alpha value is -2.30. The normalized spacial score (nSPS) is 51.4. The summed E-state index contributed by atoms with van der Waals surface area (Å²) in [7, 11) is 0. The highest BCUT2D eigenvalue weighted by Crippen LogP contribution is 2.76. The number of Topliss-reactive ketones (excluding diaryl/α,β-unsaturated/α-hetero) is 1. The maximum Gasteiger partial charge on any atom is 0.312 e. The number of ketones is 1. The molecule has 0 bridgehead atoms. The molecule has 2 saturated heterocycles. The average molecular weight is 939 g/mol. The number of aliphatic carboxylic acids is 1. The molecule has 21 atom stereocenters. The van der Waals surface area contributed by atoms with Crippen molar-refractivity contribution in [1.82, 2.24) is 0 Å². The van der Waals surface area contributed by atoms with Crippen molar-refractivity contribution in [2.24, 2.45) is 50.2 Å². The largest absolute Gasteiger partial charge is 0.502 e. The van der Waals surface area contributed by atoms with E-state index in [0.29, 0.717) is 51.4 Å². The van der Waals surface area contributed by atoms with E-state index in [1.54, 1.807) is 0 Å². The van der Waals surface area contributed by atoms with Crippen molar-refractivity contribution in [1.29, 1.82) is 0 Å². The maximum absolute atomic E-state index is 13.9. The lowest BCUT2D eigenvalue weighted by molar-refractivity contribution is -0.379. The number of hydrogen-bond acceptors (Lipinski definition) is 17. The predicted octanol–water partition coefficient (Wildman–Crippen LogP) is 1.95. The first kappa shape index (κ1) is 50.1. The maximum atomic E-state index is 13.9. The van der Waals surface area contributed by atoms with Crippen molar-refractivity contribution in [2.75, 3.05) is 19.8 Å². The Morgan fingerprint density at radius 3 is 2.03 bits per heavy atom. The van der Waals surface area contributed by atoms with Gasteiger partial charge in [-0.1, -0.05) is 53.2 Å². The number of aliphatic hydroxyl groups excluding tert-OH is 9. The molecule has 0 aromatic rings. The van der Waals surface area contributed by atoms with E-state index in [-0.39, 0.29) is 52.8 Å². The van der Waals surface area contributed by atoms with Crippen molar-refractivity contribution in [3.05, 3.63) is 23.2 Å². The molecule has 66 heavy (non-hydrogen) atoms. The van der Waals surface area contributed by atoms with E-state index >= 15 is 0 Å². The molecule has 6 fully saturated rings. The molecule has 4 saturated carbocycles. The van der Waals surface area contributed by atoms with Gasteiger partial charge in [-0.05, 0) is 104 Å². The number of carboxylic acids is 1. The van der Waals surface area contributed by atoms with Gasteiger partial charge in [-0.15, -0.1) is 0 Å². The summed E-state index contributed by atoms with van der Waals surface area (Å²) >= 11 is 0. The molecule has 0 amide bonds. The summed E-state index contributed by atoms with van der Waals surface area (Å²) in [5.41, 5.74) is -2.33. The number of carbonyl (C=O) groups is 2. The standard InChI is InChI=1S/C48H74O18/c1-22-33(53)25(52)16-32(61-22)64-31-18-43(2,3)17-24-23-8-9-29-44(4)12-11-30(45(5,21-51)28(44)10-13-47(29,7)46(23,6)14-15-48(24,31)42(59)60)65-41-39(37(57)35(55)27(20-50)63-41)66-40-38(58)36(56)34(54)26(19-49)62-40/h8,24,26-32,34-41,49-51,53-58H,9-21H2,1-7H3,(H,59,60)/t24-,26+,27+,28+,29+,30-,31+,32?,34+,35+,36-,37-,38+,39+,40-,41-,44-,45+,46+,47+,48-/m0/s1. The van der Waals surface area contributed by atoms with Gasteiger partial charge in [-0.3, -0.25) is 9.59 Å². The predicted molar refractivity (Wildman–Crippen MR) is 229 cm³/mol. The zero-order chi connectivity index (χ0) is 48.3. The van der Waals surface area contributed by atoms with Crippen molar-refractivity contribution < 1.29 is 89.1 Å². The van der Waals surface area contributed by atoms with Crippen molar-refractivity contribution >= 4 is 11.8 Å². The molecule has 3 heterocycles. The summed E-state index contributed by atoms with van der Waals surface area (Å²) in [4.78, 5) is 26.5. The zero-order valence-corrected chi connectivity index (χ0v) is 39.2. The van der Waals surface area contributed by atoms with E-state index in [2.05, 4.69) is 40.7 Å². The Labute approximate surface area is 385 Å². The van der Waals surface area contributed by atoms with E-state index < -0.39 is 127 Å². The first-order chi connectivity index (χ1) is 30.9. The molecule has 8 aliphatic rings. The SMILES string of the molecule is CC1=C(O)C(=O)CC(O[C@@H]2CC(C)(C)C[C@H]3C4=CC[C@@H]5[C@@]6(C)CC[C@H](O[C@@H]7O[C@H](CO)[C@@H](O)[C@H](O)[C@H]7O[C@@H]7O[C@H](CO)[C@@H](O)[C@H](O)[C@H]7O)[C@](C)(CO)[C@@H]6CC[C@@]5(C)[C@]4(C)CC[C@@]23C(=O)O)O1. The van der Waals surface area contributed by atoms with Crippen LogP contribution in [-0.4, -0.2) is 163 Å². The monoisotopic (exact) mass is 938 g/mol. The van der Waals surface area contributed by atoms with Crippen LogP contribution in [0.3, 0.4) is 0 Å². The lowest BCUT2D eigenvalue weighted by Crippen LogP contribution is -2.68. The molecule has 0 spiro atoms. The lowest BCUT2D eigenvalue weighted by atomic mass is 9.33. The van der Waals surface area contributed by atoms with Gasteiger partial charge in [0.25, 0.3) is 0 Å². The van der Waals surface area contributed by atoms with Gasteiger partial charge in [-0.25, -0.2) is 0 Å². The second-order valence-electron chi connectivity index (χ2n) is 22.8. The number of hydrogen-bond donors (Lipinski definition) is 10. The molecular weight excluding hydrogens is 865 g/mol. The molecule has 0 aromatic heterocycles. The lowest BCUT2D eigenvalue weighted by Gasteiger charge is -2.71. The van der Waals surface area contributed by atoms with E-state index in [0.717, 1.165) is 12.0 Å². The number of fused-ring (bicyclic) bond motifs is 7. The van der Waals surface area contributed by atoms with Gasteiger partial charge in [0.15, 0.2) is 18.3 Å². The van der Waals surface area contributed by atoms with Crippen LogP contribution in [0.2, 0.25) is 0 Å². The quantitative estimate of drug-likeness (QED) is 0.111. The van der Waals surface area contributed by atoms with E-state index in [1.165, 1.54) is 6.92 Å². The van der Waals surface area contributed by atoms with Gasteiger partial charge < -0.3 is 79.5 Å². The molecule has 10 N–H and O–H groups in total. The number of rotatable bonds is 10. The highest BCUT2D eigenvalue weighted by atomic mass is 16.8. The third-order valence-electron chi connectivity index (χ3n) is 18.9. The first-order valence-electron chi connectivity index (χ1n) is 23.9. The minimum atomic E-state index is -1.82. The number of carboxylic acid groups (broad SMARTS) is 1. The second-order valence-corrected chi connectivity index (χ2v) is 22.8. The molecule has 18 nitrogen and oxygen atoms in total. The van der Waals surface area contributed by atoms with Crippen molar-refractivity contribution in [3.63, 3.8) is 0 Å². The summed E-state index contributed by atoms with van der Waals surface area (Å²) in [6.07, 6.45) is -11.0. The molecule has 374 valence electrons. The number of carbonyl (C=O) groups excluding carboxylic acids is 1. The van der Waals surface area contributed by atoms with Gasteiger partial charge in [0.05, 0.1) is 38.4 Å². The van der Waals surface area contributed by atoms with Gasteiger partial charge in [-0.2, -0.15) is 0 Å². The minimum absolute atomic E-state index is 0.0562. The highest BCUT2D eigenvalue weighted by Gasteiger charge is 2.72. The summed E-state index contributed by atoms with van der Waals surface area (Å²) in [5, 5.41) is 107. The van der Waals surface area contributed by atoms with Crippen molar-refractivity contribution in [2.45, 2.75) is 193 Å². The van der Waals surface area contributed by atoms with Gasteiger partial charge in [0.2, 0.25) is 12.1 Å². The third kappa shape index (κ3) is 7.53. The van der Waals surface area contributed by atoms with Gasteiger partial charge in [0, 0.05) is 5.41 Å². The van der Waals surface area contributed by atoms with Gasteiger partial charge >= 0.3 is 5.97 Å². The van der Waals surface area contributed by atoms with E-state index in [9.17, 15) is 60.7 Å². The number of allylic oxidation sites excluding steroid dienone is 4. The molecule has 0 aromatic carbocycles. The highest BCUT2D eigenvalue weighted by molar-refractivity contribution is 5.94. The third-order valence-corrected chi connectivity index (χ3v) is 18.9. The Kier molecular flexibility index (Phi) is 13.3. The fourth-order valence-electron chi connectivity index (χ4n) is 15.0. The van der Waals surface area contributed by atoms with Crippen LogP contribution in [0.5, 0.6) is 0 Å². The molecule has 18 heteroatoms. The Bertz CT molecular complexity index is 1920. The smallest absolute Gasteiger partial charge is 0.312 e. The average Bonchev–Trinajstić information content (AvgIpc) is 3.25. The number of aliphatic hydroxyl groups is 9. The molecule has 8 rings (SSSR count). The Morgan fingerprint density at radius 1 is 0.758 bits per heavy atom. The molecular formula is C48H74O18. The fourth-order valence-corrected chi connectivity index (χ4v) is 15.0. The van der Waals surface area contributed by atoms with E-state index in [1.807, 2.05) is 6.92 Å². The Morgan fingerprint density at radius 2 is 1.41 bits per heavy atom. The van der Waals surface area contributed by atoms with Gasteiger partial charge in [0.1, 0.15) is 60.0 Å². The molecule has 3 aliphatic heterocycles. The van der Waals surface area contributed by atoms with Crippen LogP contribution in [0, 0.1) is 50.2 Å². The summed E-state index contributed by atoms with van der Waals surface area (Å²) in [5.74, 6) is -2.14. The van der Waals surface area contributed by atoms with Crippen LogP contribution >= 0.6 is 0 Å². The van der Waals surface area contributed by atoms with Crippen LogP contribution in [0.15, 0.2) is 23.2 Å². The van der Waals surface area contributed by atoms with Crippen LogP contribution in [-0.2, 0) is 38.0 Å². The topological polar surface area (TPSA) is 292 Å². The van der Waals surface area contributed by atoms with Crippen LogP contribution in [0.25, 0.3) is 0 Å². The first-order valence-corrected chi connectivity index (χ1v) is 23.9. The van der Waals surface area contributed by atoms with E-state index in [4.69, 9.17) is 28.4 Å². The zero-order valence-electron chi connectivity index (χ0n) is 39.2. The van der Waals surface area contributed by atoms with Crippen molar-refractivity contribution in [3.8, 4) is 0 Å². The van der Waals surface area contributed by atoms with Crippen LogP contribution in [0.4, 0.5) is 0 Å². The minimum Gasteiger partial charge on any atom is -0.502 e. The van der Waals surface area contributed by atoms with Crippen LogP contribution in [0.1, 0.15) is 113 Å². The number of ether oxygens (including phenoxy) is 6. The molecule has 5 aliphatic carbocycles. The summed E-state index contributed by atoms with van der Waals surface area (Å²) < 4.78 is 36.8. The second kappa shape index (κ2) is 17.5. The summed E-state index contributed by atoms with van der Waals surface area (Å²) in [6, 6.07) is 0. The Balaban J connectivity index is 1.07. The molecule has 0 radical (unpaired) electrons. The molecule has 1 unspecified atom stereocenters. The fraction of sp³-hybridized carbons (Fsp3) is 0.875.